The molecule has 0 spiro atoms. The van der Waals surface area contributed by atoms with Crippen molar-refractivity contribution in [3.63, 3.8) is 0 Å². The first-order valence-electron chi connectivity index (χ1n) is 21.8. The van der Waals surface area contributed by atoms with E-state index in [4.69, 9.17) is 28.4 Å². The van der Waals surface area contributed by atoms with Crippen molar-refractivity contribution in [1.82, 2.24) is 19.6 Å². The number of ether oxygens (including phenoxy) is 6. The second kappa shape index (κ2) is 16.2. The fraction of sp³-hybridized carbons (Fsp3) is 0.280. The molecule has 2 fully saturated rings. The lowest BCUT2D eigenvalue weighted by Gasteiger charge is -2.37. The predicted molar refractivity (Wildman–Crippen MR) is 233 cm³/mol. The number of allylic oxidation sites excluding steroid dienone is 4. The Morgan fingerprint density at radius 1 is 0.561 bits per heavy atom. The maximum atomic E-state index is 13.6. The number of hydrogen-bond donors (Lipinski definition) is 2. The van der Waals surface area contributed by atoms with Crippen LogP contribution in [0.15, 0.2) is 120 Å². The van der Waals surface area contributed by atoms with Crippen LogP contribution in [0.5, 0.6) is 23.0 Å². The van der Waals surface area contributed by atoms with Crippen LogP contribution in [-0.4, -0.2) is 105 Å². The van der Waals surface area contributed by atoms with Crippen molar-refractivity contribution in [1.29, 1.82) is 0 Å². The third kappa shape index (κ3) is 6.57. The van der Waals surface area contributed by atoms with Crippen LogP contribution in [0.1, 0.15) is 59.7 Å². The Bertz CT molecular complexity index is 2690. The van der Waals surface area contributed by atoms with Crippen molar-refractivity contribution in [3.8, 4) is 23.0 Å². The van der Waals surface area contributed by atoms with Gasteiger partial charge in [-0.15, -0.1) is 0 Å². The fourth-order valence-corrected chi connectivity index (χ4v) is 9.52. The summed E-state index contributed by atoms with van der Waals surface area (Å²) in [5.41, 5.74) is 7.62. The summed E-state index contributed by atoms with van der Waals surface area (Å²) in [6.07, 6.45) is 3.89. The molecule has 0 aromatic heterocycles. The summed E-state index contributed by atoms with van der Waals surface area (Å²) in [5.74, 6) is 1.96. The average Bonchev–Trinajstić information content (AvgIpc) is 4.21. The van der Waals surface area contributed by atoms with Gasteiger partial charge in [0.2, 0.25) is 37.9 Å². The minimum atomic E-state index is -0.804. The highest BCUT2D eigenvalue weighted by atomic mass is 16.7. The van der Waals surface area contributed by atoms with E-state index in [9.17, 15) is 29.4 Å². The van der Waals surface area contributed by atoms with Crippen molar-refractivity contribution in [2.45, 2.75) is 51.2 Å². The van der Waals surface area contributed by atoms with Crippen LogP contribution in [0.25, 0.3) is 11.1 Å². The lowest BCUT2D eigenvalue weighted by atomic mass is 10.0. The van der Waals surface area contributed by atoms with E-state index in [2.05, 4.69) is 0 Å². The molecule has 6 aliphatic heterocycles. The second-order valence-electron chi connectivity index (χ2n) is 16.9. The van der Waals surface area contributed by atoms with Gasteiger partial charge in [-0.1, -0.05) is 60.7 Å². The summed E-state index contributed by atoms with van der Waals surface area (Å²) >= 11 is 0. The molecule has 8 aliphatic rings. The highest BCUT2D eigenvalue weighted by Gasteiger charge is 2.51. The molecule has 336 valence electrons. The monoisotopic (exact) mass is 892 g/mol. The van der Waals surface area contributed by atoms with Gasteiger partial charge in [0.05, 0.1) is 25.3 Å². The van der Waals surface area contributed by atoms with E-state index < -0.39 is 24.5 Å². The first kappa shape index (κ1) is 41.2. The number of hydrogen-bond acceptors (Lipinski definition) is 12. The predicted octanol–water partition coefficient (Wildman–Crippen LogP) is 4.69. The molecule has 2 aliphatic carbocycles. The molecule has 6 heterocycles. The van der Waals surface area contributed by atoms with Gasteiger partial charge in [0.1, 0.15) is 13.1 Å². The van der Waals surface area contributed by atoms with Crippen LogP contribution >= 0.6 is 0 Å². The Kier molecular flexibility index (Phi) is 10.1. The number of carbonyl (C=O) groups is 4. The van der Waals surface area contributed by atoms with E-state index in [-0.39, 0.29) is 74.9 Å². The van der Waals surface area contributed by atoms with Crippen molar-refractivity contribution >= 4 is 34.8 Å². The van der Waals surface area contributed by atoms with Gasteiger partial charge < -0.3 is 48.4 Å². The molecule has 12 rings (SSSR count). The second-order valence-corrected chi connectivity index (χ2v) is 16.9. The van der Waals surface area contributed by atoms with Gasteiger partial charge in [-0.05, 0) is 85.3 Å². The maximum Gasteiger partial charge on any atom is 0.275 e. The first-order valence-corrected chi connectivity index (χ1v) is 21.8. The topological polar surface area (TPSA) is 177 Å². The third-order valence-corrected chi connectivity index (χ3v) is 13.0. The van der Waals surface area contributed by atoms with Crippen LogP contribution < -0.4 is 18.9 Å². The summed E-state index contributed by atoms with van der Waals surface area (Å²) in [6.45, 7) is 2.98. The normalized spacial score (nSPS) is 21.8. The van der Waals surface area contributed by atoms with Gasteiger partial charge in [0, 0.05) is 22.3 Å². The summed E-state index contributed by atoms with van der Waals surface area (Å²) in [5, 5.41) is 19.3. The lowest BCUT2D eigenvalue weighted by Crippen LogP contribution is -2.55. The Morgan fingerprint density at radius 2 is 0.970 bits per heavy atom. The van der Waals surface area contributed by atoms with Crippen LogP contribution in [0.4, 0.5) is 0 Å². The minimum Gasteiger partial charge on any atom is -0.463 e. The zero-order chi connectivity index (χ0) is 45.4. The quantitative estimate of drug-likeness (QED) is 0.250. The molecular weight excluding hydrogens is 849 g/mol. The van der Waals surface area contributed by atoms with Crippen molar-refractivity contribution in [3.05, 3.63) is 153 Å². The molecule has 0 saturated carbocycles. The molecule has 4 amide bonds. The lowest BCUT2D eigenvalue weighted by molar-refractivity contribution is -0.152. The highest BCUT2D eigenvalue weighted by molar-refractivity contribution is 6.08. The average molecular weight is 893 g/mol. The zero-order valence-corrected chi connectivity index (χ0v) is 36.0. The summed E-state index contributed by atoms with van der Waals surface area (Å²) in [4.78, 5) is 59.6. The number of aliphatic hydroxyl groups is 2. The van der Waals surface area contributed by atoms with Gasteiger partial charge in [-0.25, -0.2) is 0 Å². The molecule has 16 nitrogen and oxygen atoms in total. The zero-order valence-electron chi connectivity index (χ0n) is 36.0. The molecule has 4 aromatic carbocycles. The van der Waals surface area contributed by atoms with E-state index in [1.807, 2.05) is 72.8 Å². The Morgan fingerprint density at radius 3 is 1.39 bits per heavy atom. The molecular formula is C50H44N4O12. The molecule has 0 bridgehead atoms. The maximum absolute atomic E-state index is 13.6. The van der Waals surface area contributed by atoms with E-state index in [1.165, 1.54) is 19.6 Å². The first-order chi connectivity index (χ1) is 32.1. The Balaban J connectivity index is 0.000000146. The number of carbonyl (C=O) groups excluding carboxylic acids is 4. The molecule has 2 unspecified atom stereocenters. The van der Waals surface area contributed by atoms with Gasteiger partial charge in [-0.2, -0.15) is 0 Å². The Labute approximate surface area is 378 Å². The van der Waals surface area contributed by atoms with E-state index in [1.54, 1.807) is 38.1 Å². The molecule has 4 aromatic rings. The molecule has 2 N–H and O–H groups in total. The van der Waals surface area contributed by atoms with Crippen molar-refractivity contribution < 1.29 is 57.8 Å². The van der Waals surface area contributed by atoms with Crippen LogP contribution in [-0.2, 0) is 41.5 Å². The standard InChI is InChI=1S/2C25H22N2O6/c2*1-14(12-28)26-11-21(29)27-22(24(26)30)23(18-8-6-15-4-2-3-5-17(15)18)33-25(27)16-7-9-19-20(10-16)32-13-31-19/h2*2-5,7-10,14,25,28H,6,11-13H2,1H3/t2*14-,25?/m10/s1. The van der Waals surface area contributed by atoms with Crippen molar-refractivity contribution in [2.75, 3.05) is 39.9 Å². The van der Waals surface area contributed by atoms with E-state index in [0.717, 1.165) is 46.2 Å². The number of fused-ring (bicyclic) bond motifs is 6. The SMILES string of the molecule is C[C@@H](CO)N1CC(=O)N2C(=C(C3=CCc4ccccc43)OC2c2ccc3c(c2)OCO3)C1=O.C[C@H](CO)N1CC(=O)N2C(=C(C3=CCc4ccccc43)OC2c2ccc3c(c2)OCO3)C1=O. The Hall–Kier alpha value is -7.56. The van der Waals surface area contributed by atoms with Crippen LogP contribution in [0, 0.1) is 0 Å². The van der Waals surface area contributed by atoms with Gasteiger partial charge in [-0.3, -0.25) is 29.0 Å². The van der Waals surface area contributed by atoms with Gasteiger partial charge >= 0.3 is 0 Å². The fourth-order valence-electron chi connectivity index (χ4n) is 9.52. The number of rotatable bonds is 8. The number of benzene rings is 4. The van der Waals surface area contributed by atoms with E-state index in [0.29, 0.717) is 45.6 Å². The van der Waals surface area contributed by atoms with E-state index >= 15 is 0 Å². The number of aliphatic hydroxyl groups excluding tert-OH is 2. The smallest absolute Gasteiger partial charge is 0.275 e. The molecule has 0 radical (unpaired) electrons. The summed E-state index contributed by atoms with van der Waals surface area (Å²) in [7, 11) is 0. The summed E-state index contributed by atoms with van der Waals surface area (Å²) < 4.78 is 34.6. The largest absolute Gasteiger partial charge is 0.463 e. The molecule has 4 atom stereocenters. The summed E-state index contributed by atoms with van der Waals surface area (Å²) in [6, 6.07) is 25.7. The third-order valence-electron chi connectivity index (χ3n) is 13.0. The number of piperazine rings is 2. The van der Waals surface area contributed by atoms with Crippen molar-refractivity contribution in [2.24, 2.45) is 0 Å². The molecule has 16 heteroatoms. The van der Waals surface area contributed by atoms with Crippen LogP contribution in [0.3, 0.4) is 0 Å². The van der Waals surface area contributed by atoms with Gasteiger partial charge in [0.15, 0.2) is 45.9 Å². The molecule has 2 saturated heterocycles. The number of amides is 4. The molecule has 66 heavy (non-hydrogen) atoms. The number of nitrogens with zero attached hydrogens (tertiary/aromatic N) is 4. The van der Waals surface area contributed by atoms with Crippen LogP contribution in [0.2, 0.25) is 0 Å². The van der Waals surface area contributed by atoms with Gasteiger partial charge in [0.25, 0.3) is 11.8 Å². The highest BCUT2D eigenvalue weighted by Crippen LogP contribution is 2.50. The minimum absolute atomic E-state index is 0.128.